The lowest BCUT2D eigenvalue weighted by molar-refractivity contribution is 0.0299. The van der Waals surface area contributed by atoms with Crippen LogP contribution < -0.4 is 0 Å². The Kier molecular flexibility index (Phi) is 2.74. The first-order valence-electron chi connectivity index (χ1n) is 4.57. The van der Waals surface area contributed by atoms with E-state index in [2.05, 4.69) is 11.1 Å². The van der Waals surface area contributed by atoms with Crippen LogP contribution in [0.15, 0.2) is 18.3 Å². The summed E-state index contributed by atoms with van der Waals surface area (Å²) in [6.45, 7) is 2.52. The standard InChI is InChI=1S/C10H11N2O2/c13-10(9-3-1-2-4-11-9)12-5-7-14-8-6-12/h2-4H,5-8H2. The molecule has 2 rings (SSSR count). The number of pyridine rings is 1. The van der Waals surface area contributed by atoms with Gasteiger partial charge >= 0.3 is 0 Å². The van der Waals surface area contributed by atoms with E-state index in [0.29, 0.717) is 32.0 Å². The molecule has 0 aliphatic carbocycles. The van der Waals surface area contributed by atoms with Gasteiger partial charge in [-0.2, -0.15) is 0 Å². The number of nitrogens with zero attached hydrogens (tertiary/aromatic N) is 2. The molecular formula is C10H11N2O2. The summed E-state index contributed by atoms with van der Waals surface area (Å²) in [6, 6.07) is 6.13. The van der Waals surface area contributed by atoms with Crippen LogP contribution in [-0.4, -0.2) is 42.1 Å². The molecule has 0 atom stereocenters. The Morgan fingerprint density at radius 3 is 2.93 bits per heavy atom. The molecule has 4 heteroatoms. The van der Waals surface area contributed by atoms with Gasteiger partial charge in [-0.05, 0) is 18.2 Å². The fourth-order valence-electron chi connectivity index (χ4n) is 1.37. The molecule has 0 N–H and O–H groups in total. The highest BCUT2D eigenvalue weighted by molar-refractivity contribution is 5.92. The highest BCUT2D eigenvalue weighted by atomic mass is 16.5. The first-order valence-corrected chi connectivity index (χ1v) is 4.57. The van der Waals surface area contributed by atoms with Gasteiger partial charge in [-0.1, -0.05) is 0 Å². The van der Waals surface area contributed by atoms with Crippen molar-refractivity contribution in [1.82, 2.24) is 9.88 Å². The molecule has 1 aromatic heterocycles. The molecule has 14 heavy (non-hydrogen) atoms. The van der Waals surface area contributed by atoms with Crippen molar-refractivity contribution in [3.05, 3.63) is 30.1 Å². The molecule has 0 saturated carbocycles. The average molecular weight is 191 g/mol. The summed E-state index contributed by atoms with van der Waals surface area (Å²) in [7, 11) is 0. The summed E-state index contributed by atoms with van der Waals surface area (Å²) >= 11 is 0. The number of rotatable bonds is 1. The van der Waals surface area contributed by atoms with Gasteiger partial charge in [0.15, 0.2) is 0 Å². The zero-order chi connectivity index (χ0) is 9.80. The van der Waals surface area contributed by atoms with Gasteiger partial charge in [0, 0.05) is 19.3 Å². The Hall–Kier alpha value is -1.42. The van der Waals surface area contributed by atoms with Crippen LogP contribution in [0.5, 0.6) is 0 Å². The van der Waals surface area contributed by atoms with Gasteiger partial charge in [-0.25, -0.2) is 0 Å². The predicted molar refractivity (Wildman–Crippen MR) is 49.8 cm³/mol. The van der Waals surface area contributed by atoms with Crippen molar-refractivity contribution in [1.29, 1.82) is 0 Å². The van der Waals surface area contributed by atoms with E-state index in [1.807, 2.05) is 0 Å². The van der Waals surface area contributed by atoms with E-state index in [4.69, 9.17) is 4.74 Å². The summed E-state index contributed by atoms with van der Waals surface area (Å²) in [5, 5.41) is 0. The minimum atomic E-state index is -0.0369. The van der Waals surface area contributed by atoms with Crippen molar-refractivity contribution in [3.8, 4) is 0 Å². The Morgan fingerprint density at radius 2 is 2.29 bits per heavy atom. The molecule has 1 aliphatic heterocycles. The van der Waals surface area contributed by atoms with Gasteiger partial charge in [-0.3, -0.25) is 9.78 Å². The summed E-state index contributed by atoms with van der Waals surface area (Å²) in [5.74, 6) is -0.0369. The third-order valence-electron chi connectivity index (χ3n) is 2.12. The van der Waals surface area contributed by atoms with Crippen LogP contribution in [0.25, 0.3) is 0 Å². The van der Waals surface area contributed by atoms with Crippen LogP contribution in [0.1, 0.15) is 10.5 Å². The lowest BCUT2D eigenvalue weighted by Crippen LogP contribution is -2.40. The Labute approximate surface area is 82.5 Å². The van der Waals surface area contributed by atoms with E-state index in [1.54, 1.807) is 23.2 Å². The van der Waals surface area contributed by atoms with Crippen molar-refractivity contribution in [2.45, 2.75) is 0 Å². The molecule has 1 amide bonds. The zero-order valence-electron chi connectivity index (χ0n) is 7.77. The van der Waals surface area contributed by atoms with Crippen LogP contribution in [0.3, 0.4) is 0 Å². The zero-order valence-corrected chi connectivity index (χ0v) is 7.77. The van der Waals surface area contributed by atoms with Crippen molar-refractivity contribution >= 4 is 5.91 Å². The Morgan fingerprint density at radius 1 is 1.50 bits per heavy atom. The molecule has 4 nitrogen and oxygen atoms in total. The number of ether oxygens (including phenoxy) is 1. The number of morpholine rings is 1. The SMILES string of the molecule is O=C(c1c[c]ccn1)N1CCOCC1. The third kappa shape index (κ3) is 1.90. The second-order valence-electron chi connectivity index (χ2n) is 3.05. The molecule has 1 aromatic rings. The van der Waals surface area contributed by atoms with Gasteiger partial charge in [0.05, 0.1) is 13.2 Å². The number of aromatic nitrogens is 1. The molecule has 1 radical (unpaired) electrons. The quantitative estimate of drug-likeness (QED) is 0.643. The van der Waals surface area contributed by atoms with E-state index < -0.39 is 0 Å². The molecule has 1 fully saturated rings. The van der Waals surface area contributed by atoms with E-state index >= 15 is 0 Å². The molecule has 0 bridgehead atoms. The van der Waals surface area contributed by atoms with Gasteiger partial charge in [0.1, 0.15) is 5.69 Å². The molecule has 0 spiro atoms. The summed E-state index contributed by atoms with van der Waals surface area (Å²) in [5.41, 5.74) is 0.453. The Balaban J connectivity index is 2.07. The van der Waals surface area contributed by atoms with Gasteiger partial charge in [0.2, 0.25) is 0 Å². The highest BCUT2D eigenvalue weighted by Crippen LogP contribution is 2.03. The smallest absolute Gasteiger partial charge is 0.272 e. The van der Waals surface area contributed by atoms with Crippen molar-refractivity contribution in [3.63, 3.8) is 0 Å². The van der Waals surface area contributed by atoms with E-state index in [0.717, 1.165) is 0 Å². The average Bonchev–Trinajstić information content (AvgIpc) is 2.30. The van der Waals surface area contributed by atoms with Crippen LogP contribution in [-0.2, 0) is 4.74 Å². The third-order valence-corrected chi connectivity index (χ3v) is 2.12. The number of carbonyl (C=O) groups is 1. The first kappa shape index (κ1) is 9.15. The minimum Gasteiger partial charge on any atom is -0.378 e. The fraction of sp³-hybridized carbons (Fsp3) is 0.400. The van der Waals surface area contributed by atoms with E-state index in [1.165, 1.54) is 0 Å². The largest absolute Gasteiger partial charge is 0.378 e. The molecule has 2 heterocycles. The first-order chi connectivity index (χ1) is 6.88. The van der Waals surface area contributed by atoms with Crippen molar-refractivity contribution in [2.24, 2.45) is 0 Å². The molecular weight excluding hydrogens is 180 g/mol. The van der Waals surface area contributed by atoms with Crippen molar-refractivity contribution < 1.29 is 9.53 Å². The van der Waals surface area contributed by atoms with E-state index in [-0.39, 0.29) is 5.91 Å². The maximum Gasteiger partial charge on any atom is 0.272 e. The number of hydrogen-bond donors (Lipinski definition) is 0. The summed E-state index contributed by atoms with van der Waals surface area (Å²) < 4.78 is 5.16. The number of carbonyl (C=O) groups excluding carboxylic acids is 1. The van der Waals surface area contributed by atoms with Crippen LogP contribution in [0.4, 0.5) is 0 Å². The van der Waals surface area contributed by atoms with Crippen LogP contribution in [0, 0.1) is 6.07 Å². The Bertz CT molecular complexity index is 307. The highest BCUT2D eigenvalue weighted by Gasteiger charge is 2.18. The number of hydrogen-bond acceptors (Lipinski definition) is 3. The molecule has 1 aliphatic rings. The summed E-state index contributed by atoms with van der Waals surface area (Å²) in [6.07, 6.45) is 1.58. The van der Waals surface area contributed by atoms with Crippen molar-refractivity contribution in [2.75, 3.05) is 26.3 Å². The second-order valence-corrected chi connectivity index (χ2v) is 3.05. The lowest BCUT2D eigenvalue weighted by atomic mass is 10.3. The maximum absolute atomic E-state index is 11.8. The molecule has 1 saturated heterocycles. The fourth-order valence-corrected chi connectivity index (χ4v) is 1.37. The van der Waals surface area contributed by atoms with Crippen LogP contribution in [0.2, 0.25) is 0 Å². The van der Waals surface area contributed by atoms with Gasteiger partial charge in [-0.15, -0.1) is 0 Å². The minimum absolute atomic E-state index is 0.0369. The van der Waals surface area contributed by atoms with E-state index in [9.17, 15) is 4.79 Å². The second kappa shape index (κ2) is 4.19. The molecule has 0 aromatic carbocycles. The lowest BCUT2D eigenvalue weighted by Gasteiger charge is -2.26. The predicted octanol–water partition coefficient (Wildman–Crippen LogP) is 0.354. The normalized spacial score (nSPS) is 16.7. The van der Waals surface area contributed by atoms with Gasteiger partial charge in [0.25, 0.3) is 5.91 Å². The monoisotopic (exact) mass is 191 g/mol. The van der Waals surface area contributed by atoms with Crippen LogP contribution >= 0.6 is 0 Å². The summed E-state index contributed by atoms with van der Waals surface area (Å²) in [4.78, 5) is 17.5. The molecule has 0 unspecified atom stereocenters. The van der Waals surface area contributed by atoms with Gasteiger partial charge < -0.3 is 9.64 Å². The topological polar surface area (TPSA) is 42.4 Å². The number of amides is 1. The molecule has 73 valence electrons. The maximum atomic E-state index is 11.8.